The fourth-order valence-electron chi connectivity index (χ4n) is 1.69. The first-order chi connectivity index (χ1) is 10.6. The van der Waals surface area contributed by atoms with Crippen LogP contribution in [0.15, 0.2) is 48.5 Å². The molecule has 2 aromatic rings. The highest BCUT2D eigenvalue weighted by atomic mass is 35.5. The van der Waals surface area contributed by atoms with Crippen LogP contribution in [0.5, 0.6) is 0 Å². The van der Waals surface area contributed by atoms with Gasteiger partial charge in [0.2, 0.25) is 0 Å². The molecule has 2 rings (SSSR count). The van der Waals surface area contributed by atoms with Crippen molar-refractivity contribution in [3.05, 3.63) is 69.7 Å². The molecule has 0 aliphatic rings. The predicted octanol–water partition coefficient (Wildman–Crippen LogP) is 3.47. The molecule has 0 saturated carbocycles. The Labute approximate surface area is 138 Å². The summed E-state index contributed by atoms with van der Waals surface area (Å²) in [5.74, 6) is -0.877. The molecule has 1 N–H and O–H groups in total. The second kappa shape index (κ2) is 7.82. The molecule has 0 atom stereocenters. The Balaban J connectivity index is 1.80. The highest BCUT2D eigenvalue weighted by Gasteiger charge is 2.09. The summed E-state index contributed by atoms with van der Waals surface area (Å²) >= 11 is 11.8. The average Bonchev–Trinajstić information content (AvgIpc) is 2.52. The number of amides is 1. The molecular formula is C16H13Cl2NO3. The number of ether oxygens (including phenoxy) is 1. The first-order valence-electron chi connectivity index (χ1n) is 6.49. The molecule has 0 unspecified atom stereocenters. The van der Waals surface area contributed by atoms with Crippen LogP contribution >= 0.6 is 23.2 Å². The van der Waals surface area contributed by atoms with E-state index in [2.05, 4.69) is 5.32 Å². The highest BCUT2D eigenvalue weighted by molar-refractivity contribution is 6.35. The fourth-order valence-corrected chi connectivity index (χ4v) is 2.16. The number of carbonyl (C=O) groups is 2. The third-order valence-electron chi connectivity index (χ3n) is 2.83. The maximum absolute atomic E-state index is 11.8. The molecule has 1 amide bonds. The lowest BCUT2D eigenvalue weighted by molar-refractivity contribution is -0.143. The van der Waals surface area contributed by atoms with E-state index in [1.807, 2.05) is 0 Å². The normalized spacial score (nSPS) is 10.1. The number of esters is 1. The van der Waals surface area contributed by atoms with Crippen LogP contribution in [-0.4, -0.2) is 18.4 Å². The monoisotopic (exact) mass is 337 g/mol. The van der Waals surface area contributed by atoms with Crippen LogP contribution in [0.4, 0.5) is 0 Å². The standard InChI is InChI=1S/C16H13Cl2NO3/c17-13-7-6-12(14(18)8-13)10-22-15(20)9-19-16(21)11-4-2-1-3-5-11/h1-8H,9-10H2,(H,19,21). The van der Waals surface area contributed by atoms with Crippen molar-refractivity contribution in [2.75, 3.05) is 6.54 Å². The summed E-state index contributed by atoms with van der Waals surface area (Å²) in [7, 11) is 0. The molecule has 22 heavy (non-hydrogen) atoms. The van der Waals surface area contributed by atoms with Gasteiger partial charge in [0.1, 0.15) is 13.2 Å². The molecule has 0 aliphatic heterocycles. The van der Waals surface area contributed by atoms with Gasteiger partial charge < -0.3 is 10.1 Å². The van der Waals surface area contributed by atoms with Crippen LogP contribution in [0.3, 0.4) is 0 Å². The van der Waals surface area contributed by atoms with Crippen LogP contribution in [-0.2, 0) is 16.1 Å². The van der Waals surface area contributed by atoms with Gasteiger partial charge in [-0.15, -0.1) is 0 Å². The molecule has 4 nitrogen and oxygen atoms in total. The first kappa shape index (κ1) is 16.3. The maximum atomic E-state index is 11.8. The van der Waals surface area contributed by atoms with Gasteiger partial charge in [-0.3, -0.25) is 9.59 Å². The molecule has 0 spiro atoms. The van der Waals surface area contributed by atoms with Crippen molar-refractivity contribution in [3.8, 4) is 0 Å². The van der Waals surface area contributed by atoms with E-state index in [4.69, 9.17) is 27.9 Å². The van der Waals surface area contributed by atoms with Gasteiger partial charge in [-0.1, -0.05) is 47.5 Å². The van der Waals surface area contributed by atoms with Gasteiger partial charge in [0.25, 0.3) is 5.91 Å². The lowest BCUT2D eigenvalue weighted by atomic mass is 10.2. The van der Waals surface area contributed by atoms with Gasteiger partial charge >= 0.3 is 5.97 Å². The molecule has 0 saturated heterocycles. The van der Waals surface area contributed by atoms with E-state index in [1.54, 1.807) is 48.5 Å². The Morgan fingerprint density at radius 2 is 1.77 bits per heavy atom. The molecule has 6 heteroatoms. The zero-order valence-electron chi connectivity index (χ0n) is 11.5. The van der Waals surface area contributed by atoms with E-state index in [9.17, 15) is 9.59 Å². The zero-order chi connectivity index (χ0) is 15.9. The number of hydrogen-bond acceptors (Lipinski definition) is 3. The van der Waals surface area contributed by atoms with Crippen molar-refractivity contribution in [1.82, 2.24) is 5.32 Å². The van der Waals surface area contributed by atoms with Gasteiger partial charge in [0.15, 0.2) is 0 Å². The van der Waals surface area contributed by atoms with E-state index in [0.29, 0.717) is 21.2 Å². The van der Waals surface area contributed by atoms with E-state index < -0.39 is 5.97 Å². The number of halogens is 2. The summed E-state index contributed by atoms with van der Waals surface area (Å²) in [6.07, 6.45) is 0. The SMILES string of the molecule is O=C(CNC(=O)c1ccccc1)OCc1ccc(Cl)cc1Cl. The number of benzene rings is 2. The van der Waals surface area contributed by atoms with E-state index in [0.717, 1.165) is 0 Å². The van der Waals surface area contributed by atoms with Crippen molar-refractivity contribution in [1.29, 1.82) is 0 Å². The summed E-state index contributed by atoms with van der Waals surface area (Å²) in [5.41, 5.74) is 1.13. The van der Waals surface area contributed by atoms with Gasteiger partial charge in [-0.25, -0.2) is 0 Å². The minimum Gasteiger partial charge on any atom is -0.459 e. The molecule has 0 fully saturated rings. The topological polar surface area (TPSA) is 55.4 Å². The van der Waals surface area contributed by atoms with E-state index >= 15 is 0 Å². The van der Waals surface area contributed by atoms with Crippen LogP contribution < -0.4 is 5.32 Å². The molecule has 0 radical (unpaired) electrons. The zero-order valence-corrected chi connectivity index (χ0v) is 13.0. The molecule has 0 aliphatic carbocycles. The second-order valence-electron chi connectivity index (χ2n) is 4.45. The van der Waals surface area contributed by atoms with E-state index in [1.165, 1.54) is 0 Å². The second-order valence-corrected chi connectivity index (χ2v) is 5.29. The predicted molar refractivity (Wildman–Crippen MR) is 85.0 cm³/mol. The third kappa shape index (κ3) is 4.76. The molecule has 114 valence electrons. The summed E-state index contributed by atoms with van der Waals surface area (Å²) in [4.78, 5) is 23.4. The van der Waals surface area contributed by atoms with Crippen molar-refractivity contribution in [2.45, 2.75) is 6.61 Å². The number of nitrogens with one attached hydrogen (secondary N) is 1. The Bertz CT molecular complexity index is 674. The number of hydrogen-bond donors (Lipinski definition) is 1. The molecule has 0 heterocycles. The molecular weight excluding hydrogens is 325 g/mol. The molecule has 0 bridgehead atoms. The minimum atomic E-state index is -0.546. The largest absolute Gasteiger partial charge is 0.459 e. The highest BCUT2D eigenvalue weighted by Crippen LogP contribution is 2.21. The van der Waals surface area contributed by atoms with Crippen LogP contribution in [0.2, 0.25) is 10.0 Å². The van der Waals surface area contributed by atoms with Crippen molar-refractivity contribution >= 4 is 35.1 Å². The summed E-state index contributed by atoms with van der Waals surface area (Å²) in [5, 5.41) is 3.43. The average molecular weight is 338 g/mol. The smallest absolute Gasteiger partial charge is 0.325 e. The fraction of sp³-hybridized carbons (Fsp3) is 0.125. The van der Waals surface area contributed by atoms with Crippen LogP contribution in [0.25, 0.3) is 0 Å². The minimum absolute atomic E-state index is 0.0239. The van der Waals surface area contributed by atoms with Crippen LogP contribution in [0, 0.1) is 0 Å². The van der Waals surface area contributed by atoms with Gasteiger partial charge in [-0.05, 0) is 24.3 Å². The van der Waals surface area contributed by atoms with Crippen molar-refractivity contribution in [2.24, 2.45) is 0 Å². The lowest BCUT2D eigenvalue weighted by Crippen LogP contribution is -2.30. The van der Waals surface area contributed by atoms with E-state index in [-0.39, 0.29) is 19.1 Å². The van der Waals surface area contributed by atoms with Crippen molar-refractivity contribution in [3.63, 3.8) is 0 Å². The molecule has 0 aromatic heterocycles. The summed E-state index contributed by atoms with van der Waals surface area (Å²) < 4.78 is 5.05. The van der Waals surface area contributed by atoms with Gasteiger partial charge in [-0.2, -0.15) is 0 Å². The lowest BCUT2D eigenvalue weighted by Gasteiger charge is -2.08. The third-order valence-corrected chi connectivity index (χ3v) is 3.42. The Hall–Kier alpha value is -2.04. The molecule has 2 aromatic carbocycles. The summed E-state index contributed by atoms with van der Waals surface area (Å²) in [6, 6.07) is 13.5. The van der Waals surface area contributed by atoms with Gasteiger partial charge in [0, 0.05) is 21.2 Å². The first-order valence-corrected chi connectivity index (χ1v) is 7.24. The summed E-state index contributed by atoms with van der Waals surface area (Å²) in [6.45, 7) is -0.186. The number of carbonyl (C=O) groups excluding carboxylic acids is 2. The Morgan fingerprint density at radius 3 is 2.45 bits per heavy atom. The Kier molecular flexibility index (Phi) is 5.81. The Morgan fingerprint density at radius 1 is 1.05 bits per heavy atom. The van der Waals surface area contributed by atoms with Crippen LogP contribution in [0.1, 0.15) is 15.9 Å². The van der Waals surface area contributed by atoms with Gasteiger partial charge in [0.05, 0.1) is 0 Å². The quantitative estimate of drug-likeness (QED) is 0.850. The van der Waals surface area contributed by atoms with Crippen molar-refractivity contribution < 1.29 is 14.3 Å². The number of rotatable bonds is 5. The maximum Gasteiger partial charge on any atom is 0.325 e.